The van der Waals surface area contributed by atoms with Gasteiger partial charge in [0.2, 0.25) is 0 Å². The van der Waals surface area contributed by atoms with Gasteiger partial charge < -0.3 is 15.5 Å². The lowest BCUT2D eigenvalue weighted by Crippen LogP contribution is -2.14. The van der Waals surface area contributed by atoms with E-state index in [1.54, 1.807) is 6.33 Å². The Hall–Kier alpha value is -2.04. The number of nitrogens with two attached hydrogens (primary N) is 1. The van der Waals surface area contributed by atoms with Crippen LogP contribution in [0.5, 0.6) is 0 Å². The first-order chi connectivity index (χ1) is 8.11. The Bertz CT molecular complexity index is 571. The molecule has 0 atom stereocenters. The van der Waals surface area contributed by atoms with Gasteiger partial charge in [-0.25, -0.2) is 4.98 Å². The van der Waals surface area contributed by atoms with Gasteiger partial charge >= 0.3 is 0 Å². The summed E-state index contributed by atoms with van der Waals surface area (Å²) in [5, 5.41) is 11.5. The standard InChI is InChI=1S/C12H16N4O/c1-8-5-10-11(6-9(8)2)16(7-14-10)4-3-12(13)15-17/h5-7,17H,3-4H2,1-2H3,(H2,13,15). The number of imidazole rings is 1. The molecule has 5 nitrogen and oxygen atoms in total. The maximum Gasteiger partial charge on any atom is 0.140 e. The van der Waals surface area contributed by atoms with Crippen LogP contribution in [0, 0.1) is 13.8 Å². The van der Waals surface area contributed by atoms with Crippen molar-refractivity contribution >= 4 is 16.9 Å². The summed E-state index contributed by atoms with van der Waals surface area (Å²) in [7, 11) is 0. The highest BCUT2D eigenvalue weighted by atomic mass is 16.4. The first-order valence-electron chi connectivity index (χ1n) is 5.50. The van der Waals surface area contributed by atoms with E-state index < -0.39 is 0 Å². The minimum Gasteiger partial charge on any atom is -0.409 e. The quantitative estimate of drug-likeness (QED) is 0.366. The van der Waals surface area contributed by atoms with E-state index in [2.05, 4.69) is 36.1 Å². The molecule has 0 radical (unpaired) electrons. The fourth-order valence-electron chi connectivity index (χ4n) is 1.78. The Morgan fingerprint density at radius 2 is 2.12 bits per heavy atom. The summed E-state index contributed by atoms with van der Waals surface area (Å²) in [6.45, 7) is 4.81. The summed E-state index contributed by atoms with van der Waals surface area (Å²) in [5.41, 5.74) is 9.99. The van der Waals surface area contributed by atoms with E-state index in [9.17, 15) is 0 Å². The smallest absolute Gasteiger partial charge is 0.140 e. The molecule has 0 spiro atoms. The van der Waals surface area contributed by atoms with Crippen LogP contribution in [0.4, 0.5) is 0 Å². The normalized spacial score (nSPS) is 12.2. The fraction of sp³-hybridized carbons (Fsp3) is 0.333. The molecule has 2 rings (SSSR count). The Labute approximate surface area is 99.6 Å². The molecule has 0 aliphatic carbocycles. The zero-order valence-electron chi connectivity index (χ0n) is 10.0. The predicted molar refractivity (Wildman–Crippen MR) is 67.2 cm³/mol. The average molecular weight is 232 g/mol. The topological polar surface area (TPSA) is 76.4 Å². The summed E-state index contributed by atoms with van der Waals surface area (Å²) in [6.07, 6.45) is 2.29. The van der Waals surface area contributed by atoms with E-state index in [4.69, 9.17) is 10.9 Å². The van der Waals surface area contributed by atoms with Gasteiger partial charge in [0.25, 0.3) is 0 Å². The molecule has 17 heavy (non-hydrogen) atoms. The monoisotopic (exact) mass is 232 g/mol. The molecule has 0 aliphatic heterocycles. The number of aryl methyl sites for hydroxylation is 3. The average Bonchev–Trinajstić information content (AvgIpc) is 2.69. The van der Waals surface area contributed by atoms with Crippen LogP contribution in [0.3, 0.4) is 0 Å². The minimum absolute atomic E-state index is 0.232. The van der Waals surface area contributed by atoms with Crippen LogP contribution < -0.4 is 5.73 Å². The number of amidine groups is 1. The van der Waals surface area contributed by atoms with E-state index in [0.29, 0.717) is 13.0 Å². The molecule has 0 unspecified atom stereocenters. The zero-order valence-corrected chi connectivity index (χ0v) is 10.0. The second-order valence-electron chi connectivity index (χ2n) is 4.20. The zero-order chi connectivity index (χ0) is 12.4. The van der Waals surface area contributed by atoms with Gasteiger partial charge in [0, 0.05) is 13.0 Å². The van der Waals surface area contributed by atoms with Gasteiger partial charge in [-0.15, -0.1) is 0 Å². The van der Waals surface area contributed by atoms with E-state index in [-0.39, 0.29) is 5.84 Å². The fourth-order valence-corrected chi connectivity index (χ4v) is 1.78. The van der Waals surface area contributed by atoms with E-state index in [0.717, 1.165) is 11.0 Å². The lowest BCUT2D eigenvalue weighted by Gasteiger charge is -2.05. The summed E-state index contributed by atoms with van der Waals surface area (Å²) in [6, 6.07) is 4.19. The van der Waals surface area contributed by atoms with Crippen LogP contribution in [0.15, 0.2) is 23.6 Å². The van der Waals surface area contributed by atoms with Crippen LogP contribution in [-0.2, 0) is 6.54 Å². The predicted octanol–water partition coefficient (Wildman–Crippen LogP) is 1.79. The highest BCUT2D eigenvalue weighted by Gasteiger charge is 2.05. The number of fused-ring (bicyclic) bond motifs is 1. The number of aromatic nitrogens is 2. The van der Waals surface area contributed by atoms with Crippen LogP contribution in [0.25, 0.3) is 11.0 Å². The molecular formula is C12H16N4O. The second-order valence-corrected chi connectivity index (χ2v) is 4.20. The van der Waals surface area contributed by atoms with Gasteiger partial charge in [0.15, 0.2) is 0 Å². The third kappa shape index (κ3) is 2.22. The summed E-state index contributed by atoms with van der Waals surface area (Å²) < 4.78 is 2.01. The van der Waals surface area contributed by atoms with Gasteiger partial charge in [-0.05, 0) is 37.1 Å². The molecule has 0 aliphatic rings. The largest absolute Gasteiger partial charge is 0.409 e. The number of benzene rings is 1. The van der Waals surface area contributed by atoms with E-state index >= 15 is 0 Å². The van der Waals surface area contributed by atoms with Crippen molar-refractivity contribution in [2.45, 2.75) is 26.8 Å². The Kier molecular flexibility index (Phi) is 2.99. The molecule has 0 fully saturated rings. The molecular weight excluding hydrogens is 216 g/mol. The maximum atomic E-state index is 8.50. The van der Waals surface area contributed by atoms with E-state index in [1.165, 1.54) is 11.1 Å². The highest BCUT2D eigenvalue weighted by Crippen LogP contribution is 2.18. The molecule has 2 aromatic rings. The minimum atomic E-state index is 0.232. The summed E-state index contributed by atoms with van der Waals surface area (Å²) >= 11 is 0. The second kappa shape index (κ2) is 4.45. The van der Waals surface area contributed by atoms with Crippen molar-refractivity contribution in [2.24, 2.45) is 10.9 Å². The molecule has 0 saturated carbocycles. The van der Waals surface area contributed by atoms with Gasteiger partial charge in [0.05, 0.1) is 17.4 Å². The number of oxime groups is 1. The number of nitrogens with zero attached hydrogens (tertiary/aromatic N) is 3. The van der Waals surface area contributed by atoms with Crippen molar-refractivity contribution in [1.29, 1.82) is 0 Å². The first-order valence-corrected chi connectivity index (χ1v) is 5.50. The van der Waals surface area contributed by atoms with E-state index in [1.807, 2.05) is 4.57 Å². The third-order valence-electron chi connectivity index (χ3n) is 2.97. The summed E-state index contributed by atoms with van der Waals surface area (Å²) in [4.78, 5) is 4.34. The van der Waals surface area contributed by atoms with Gasteiger partial charge in [0.1, 0.15) is 5.84 Å². The molecule has 1 heterocycles. The van der Waals surface area contributed by atoms with Crippen molar-refractivity contribution in [3.8, 4) is 0 Å². The molecule has 0 bridgehead atoms. The Morgan fingerprint density at radius 1 is 1.41 bits per heavy atom. The Morgan fingerprint density at radius 3 is 2.82 bits per heavy atom. The molecule has 90 valence electrons. The summed E-state index contributed by atoms with van der Waals surface area (Å²) in [5.74, 6) is 0.232. The van der Waals surface area contributed by atoms with Crippen molar-refractivity contribution in [3.63, 3.8) is 0 Å². The van der Waals surface area contributed by atoms with Crippen molar-refractivity contribution in [1.82, 2.24) is 9.55 Å². The lowest BCUT2D eigenvalue weighted by atomic mass is 10.1. The molecule has 0 saturated heterocycles. The van der Waals surface area contributed by atoms with Crippen LogP contribution in [0.1, 0.15) is 17.5 Å². The molecule has 0 amide bonds. The SMILES string of the molecule is Cc1cc2ncn(CC/C(N)=N\O)c2cc1C. The van der Waals surface area contributed by atoms with Gasteiger partial charge in [-0.2, -0.15) is 0 Å². The van der Waals surface area contributed by atoms with Crippen LogP contribution in [-0.4, -0.2) is 20.6 Å². The lowest BCUT2D eigenvalue weighted by molar-refractivity contribution is 0.316. The van der Waals surface area contributed by atoms with Crippen molar-refractivity contribution in [2.75, 3.05) is 0 Å². The molecule has 5 heteroatoms. The Balaban J connectivity index is 2.33. The van der Waals surface area contributed by atoms with Crippen molar-refractivity contribution < 1.29 is 5.21 Å². The molecule has 3 N–H and O–H groups in total. The number of hydrogen-bond donors (Lipinski definition) is 2. The first kappa shape index (κ1) is 11.4. The molecule has 1 aromatic carbocycles. The van der Waals surface area contributed by atoms with Crippen LogP contribution in [0.2, 0.25) is 0 Å². The third-order valence-corrected chi connectivity index (χ3v) is 2.97. The number of hydrogen-bond acceptors (Lipinski definition) is 3. The maximum absolute atomic E-state index is 8.50. The van der Waals surface area contributed by atoms with Crippen molar-refractivity contribution in [3.05, 3.63) is 29.6 Å². The van der Waals surface area contributed by atoms with Crippen LogP contribution >= 0.6 is 0 Å². The molecule has 1 aromatic heterocycles. The van der Waals surface area contributed by atoms with Gasteiger partial charge in [-0.3, -0.25) is 0 Å². The highest BCUT2D eigenvalue weighted by molar-refractivity contribution is 5.80. The van der Waals surface area contributed by atoms with Gasteiger partial charge in [-0.1, -0.05) is 5.16 Å². The number of rotatable bonds is 3.